The van der Waals surface area contributed by atoms with Crippen molar-refractivity contribution in [3.8, 4) is 6.07 Å². The van der Waals surface area contributed by atoms with Gasteiger partial charge in [-0.3, -0.25) is 0 Å². The largest absolute Gasteiger partial charge is 0.321 e. The first kappa shape index (κ1) is 17.9. The van der Waals surface area contributed by atoms with Gasteiger partial charge in [0.25, 0.3) is 8.53 Å². The minimum atomic E-state index is -1.06. The van der Waals surface area contributed by atoms with Crippen LogP contribution < -0.4 is 0 Å². The van der Waals surface area contributed by atoms with Crippen molar-refractivity contribution in [3.63, 3.8) is 0 Å². The van der Waals surface area contributed by atoms with Crippen molar-refractivity contribution in [2.75, 3.05) is 6.61 Å². The molecule has 0 saturated heterocycles. The molecule has 0 heterocycles. The van der Waals surface area contributed by atoms with Crippen molar-refractivity contribution in [2.45, 2.75) is 84.4 Å². The van der Waals surface area contributed by atoms with Gasteiger partial charge in [-0.25, -0.2) is 4.67 Å². The minimum Gasteiger partial charge on any atom is -0.321 e. The fourth-order valence-corrected chi connectivity index (χ4v) is 4.36. The zero-order valence-electron chi connectivity index (χ0n) is 13.3. The summed E-state index contributed by atoms with van der Waals surface area (Å²) < 4.78 is 14.5. The second kappa shape index (κ2) is 9.68. The lowest BCUT2D eigenvalue weighted by molar-refractivity contribution is 0.108. The van der Waals surface area contributed by atoms with Gasteiger partial charge in [-0.15, -0.1) is 0 Å². The zero-order chi connectivity index (χ0) is 15.0. The van der Waals surface area contributed by atoms with Gasteiger partial charge in [0, 0.05) is 12.1 Å². The lowest BCUT2D eigenvalue weighted by Gasteiger charge is -2.38. The van der Waals surface area contributed by atoms with Crippen molar-refractivity contribution in [2.24, 2.45) is 0 Å². The van der Waals surface area contributed by atoms with E-state index in [2.05, 4.69) is 38.4 Å². The predicted molar refractivity (Wildman–Crippen MR) is 83.2 cm³/mol. The topological polar surface area (TPSA) is 45.5 Å². The first-order chi connectivity index (χ1) is 9.56. The van der Waals surface area contributed by atoms with Crippen molar-refractivity contribution < 1.29 is 9.05 Å². The first-order valence-corrected chi connectivity index (χ1v) is 8.94. The van der Waals surface area contributed by atoms with Crippen molar-refractivity contribution in [3.05, 3.63) is 0 Å². The van der Waals surface area contributed by atoms with Crippen LogP contribution in [0.2, 0.25) is 0 Å². The number of nitrogens with zero attached hydrogens (tertiary/aromatic N) is 2. The quantitative estimate of drug-likeness (QED) is 0.485. The molecule has 0 amide bonds. The summed E-state index contributed by atoms with van der Waals surface area (Å²) in [5.41, 5.74) is 0. The molecule has 0 aromatic carbocycles. The summed E-state index contributed by atoms with van der Waals surface area (Å²) in [6.07, 6.45) is 6.89. The van der Waals surface area contributed by atoms with Crippen LogP contribution in [0.1, 0.15) is 66.2 Å². The van der Waals surface area contributed by atoms with Crippen LogP contribution in [-0.4, -0.2) is 29.5 Å². The molecule has 1 unspecified atom stereocenters. The maximum atomic E-state index is 8.68. The summed E-state index contributed by atoms with van der Waals surface area (Å²) in [6, 6.07) is 2.90. The van der Waals surface area contributed by atoms with Gasteiger partial charge < -0.3 is 9.05 Å². The Balaban J connectivity index is 2.63. The molecule has 5 heteroatoms. The highest BCUT2D eigenvalue weighted by molar-refractivity contribution is 7.44. The first-order valence-electron chi connectivity index (χ1n) is 7.81. The summed E-state index contributed by atoms with van der Waals surface area (Å²) in [4.78, 5) is 0. The molecule has 1 saturated carbocycles. The fraction of sp³-hybridized carbons (Fsp3) is 0.933. The molecule has 0 spiro atoms. The fourth-order valence-electron chi connectivity index (χ4n) is 2.59. The Kier molecular flexibility index (Phi) is 8.64. The van der Waals surface area contributed by atoms with E-state index in [0.29, 0.717) is 31.2 Å². The monoisotopic (exact) mass is 300 g/mol. The maximum Gasteiger partial charge on any atom is 0.259 e. The second-order valence-corrected chi connectivity index (χ2v) is 7.32. The summed E-state index contributed by atoms with van der Waals surface area (Å²) in [5, 5.41) is 8.68. The van der Waals surface area contributed by atoms with Crippen LogP contribution in [0.4, 0.5) is 0 Å². The Morgan fingerprint density at radius 3 is 2.25 bits per heavy atom. The van der Waals surface area contributed by atoms with E-state index >= 15 is 0 Å². The number of nitriles is 1. The molecule has 0 N–H and O–H groups in total. The van der Waals surface area contributed by atoms with Crippen LogP contribution in [0.25, 0.3) is 0 Å². The Labute approximate surface area is 125 Å². The molecular formula is C15H29N2O2P. The van der Waals surface area contributed by atoms with Crippen LogP contribution in [0.15, 0.2) is 0 Å². The van der Waals surface area contributed by atoms with E-state index in [1.54, 1.807) is 0 Å². The molecule has 0 aromatic heterocycles. The van der Waals surface area contributed by atoms with Crippen LogP contribution in [0, 0.1) is 11.3 Å². The predicted octanol–water partition coefficient (Wildman–Crippen LogP) is 4.61. The third-order valence-electron chi connectivity index (χ3n) is 3.45. The number of rotatable bonds is 8. The van der Waals surface area contributed by atoms with Crippen LogP contribution in [0.5, 0.6) is 0 Å². The summed E-state index contributed by atoms with van der Waals surface area (Å²) in [6.45, 7) is 9.16. The van der Waals surface area contributed by atoms with Gasteiger partial charge in [0.1, 0.15) is 0 Å². The molecule has 20 heavy (non-hydrogen) atoms. The molecule has 0 bridgehead atoms. The van der Waals surface area contributed by atoms with Crippen molar-refractivity contribution >= 4 is 8.53 Å². The molecule has 1 atom stereocenters. The lowest BCUT2D eigenvalue weighted by Crippen LogP contribution is -2.35. The Hall–Kier alpha value is -0.200. The third kappa shape index (κ3) is 6.06. The SMILES string of the molecule is CC(C)N(C(C)C)P(OCCC#N)OC1CCCCC1. The number of hydrogen-bond acceptors (Lipinski definition) is 4. The van der Waals surface area contributed by atoms with Crippen LogP contribution in [0.3, 0.4) is 0 Å². The summed E-state index contributed by atoms with van der Waals surface area (Å²) >= 11 is 0. The van der Waals surface area contributed by atoms with Crippen LogP contribution >= 0.6 is 8.53 Å². The zero-order valence-corrected chi connectivity index (χ0v) is 14.2. The third-order valence-corrected chi connectivity index (χ3v) is 5.64. The van der Waals surface area contributed by atoms with Gasteiger partial charge in [0.2, 0.25) is 0 Å². The average Bonchev–Trinajstić information content (AvgIpc) is 2.39. The average molecular weight is 300 g/mol. The molecular weight excluding hydrogens is 271 g/mol. The van der Waals surface area contributed by atoms with Gasteiger partial charge in [0.05, 0.1) is 25.2 Å². The van der Waals surface area contributed by atoms with Gasteiger partial charge in [-0.1, -0.05) is 19.3 Å². The Morgan fingerprint density at radius 1 is 1.15 bits per heavy atom. The molecule has 4 nitrogen and oxygen atoms in total. The highest BCUT2D eigenvalue weighted by atomic mass is 31.2. The van der Waals surface area contributed by atoms with Gasteiger partial charge in [-0.05, 0) is 40.5 Å². The molecule has 0 radical (unpaired) electrons. The Bertz CT molecular complexity index is 291. The second-order valence-electron chi connectivity index (χ2n) is 5.91. The van der Waals surface area contributed by atoms with Crippen LogP contribution in [-0.2, 0) is 9.05 Å². The minimum absolute atomic E-state index is 0.331. The molecule has 1 aliphatic carbocycles. The van der Waals surface area contributed by atoms with Gasteiger partial charge in [0.15, 0.2) is 0 Å². The smallest absolute Gasteiger partial charge is 0.259 e. The standard InChI is InChI=1S/C15H29N2O2P/c1-13(2)17(14(3)4)20(18-12-8-11-16)19-15-9-6-5-7-10-15/h13-15H,5-10,12H2,1-4H3. The van der Waals surface area contributed by atoms with Gasteiger partial charge >= 0.3 is 0 Å². The molecule has 1 rings (SSSR count). The van der Waals surface area contributed by atoms with E-state index < -0.39 is 8.53 Å². The van der Waals surface area contributed by atoms with Crippen molar-refractivity contribution in [1.82, 2.24) is 4.67 Å². The highest BCUT2D eigenvalue weighted by Crippen LogP contribution is 2.48. The summed E-state index contributed by atoms with van der Waals surface area (Å²) in [7, 11) is -1.06. The highest BCUT2D eigenvalue weighted by Gasteiger charge is 2.30. The Morgan fingerprint density at radius 2 is 1.75 bits per heavy atom. The molecule has 0 aromatic rings. The molecule has 1 fully saturated rings. The summed E-state index contributed by atoms with van der Waals surface area (Å²) in [5.74, 6) is 0. The van der Waals surface area contributed by atoms with E-state index in [4.69, 9.17) is 14.3 Å². The van der Waals surface area contributed by atoms with E-state index in [9.17, 15) is 0 Å². The normalized spacial score (nSPS) is 18.7. The lowest BCUT2D eigenvalue weighted by atomic mass is 9.98. The van der Waals surface area contributed by atoms with Gasteiger partial charge in [-0.2, -0.15) is 5.26 Å². The van der Waals surface area contributed by atoms with Crippen molar-refractivity contribution in [1.29, 1.82) is 5.26 Å². The van der Waals surface area contributed by atoms with E-state index in [0.717, 1.165) is 12.8 Å². The molecule has 116 valence electrons. The molecule has 1 aliphatic rings. The van der Waals surface area contributed by atoms with E-state index in [1.165, 1.54) is 19.3 Å². The van der Waals surface area contributed by atoms with E-state index in [1.807, 2.05) is 0 Å². The molecule has 0 aliphatic heterocycles. The van der Waals surface area contributed by atoms with E-state index in [-0.39, 0.29) is 0 Å². The number of hydrogen-bond donors (Lipinski definition) is 0. The maximum absolute atomic E-state index is 8.68.